The monoisotopic (exact) mass is 339 g/mol. The van der Waals surface area contributed by atoms with E-state index in [1.54, 1.807) is 0 Å². The van der Waals surface area contributed by atoms with Crippen molar-refractivity contribution < 1.29 is 14.3 Å². The van der Waals surface area contributed by atoms with Crippen LogP contribution >= 0.6 is 46.4 Å². The molecule has 0 saturated heterocycles. The molecule has 0 aliphatic heterocycles. The third kappa shape index (κ3) is 2.30. The van der Waals surface area contributed by atoms with Gasteiger partial charge in [0.25, 0.3) is 0 Å². The third-order valence-corrected chi connectivity index (χ3v) is 3.84. The second-order valence-electron chi connectivity index (χ2n) is 3.54. The molecule has 4 nitrogen and oxygen atoms in total. The standard InChI is InChI=1S/C11H5Cl4NO3/c1-19-3-2-4(12)16-9(3)5-6(13)11(18)8(15)7(14)10(5)17/h2,16H,1H3. The Morgan fingerprint density at radius 1 is 1.00 bits per heavy atom. The number of hydrogen-bond donors (Lipinski definition) is 1. The number of halogens is 4. The van der Waals surface area contributed by atoms with Crippen LogP contribution in [0.4, 0.5) is 0 Å². The first-order chi connectivity index (χ1) is 8.88. The Hall–Kier alpha value is -0.940. The Morgan fingerprint density at radius 2 is 1.58 bits per heavy atom. The average molecular weight is 341 g/mol. The summed E-state index contributed by atoms with van der Waals surface area (Å²) in [6, 6.07) is 1.44. The maximum atomic E-state index is 12.1. The molecule has 19 heavy (non-hydrogen) atoms. The maximum Gasteiger partial charge on any atom is 0.218 e. The van der Waals surface area contributed by atoms with Crippen LogP contribution in [-0.2, 0) is 9.59 Å². The predicted octanol–water partition coefficient (Wildman–Crippen LogP) is 3.47. The highest BCUT2D eigenvalue weighted by molar-refractivity contribution is 6.68. The largest absolute Gasteiger partial charge is 0.494 e. The number of nitrogens with one attached hydrogen (secondary N) is 1. The lowest BCUT2D eigenvalue weighted by molar-refractivity contribution is -0.114. The van der Waals surface area contributed by atoms with E-state index in [1.807, 2.05) is 0 Å². The first-order valence-corrected chi connectivity index (χ1v) is 6.37. The molecule has 1 aliphatic rings. The number of methoxy groups -OCH3 is 1. The van der Waals surface area contributed by atoms with E-state index >= 15 is 0 Å². The van der Waals surface area contributed by atoms with Gasteiger partial charge in [-0.15, -0.1) is 0 Å². The van der Waals surface area contributed by atoms with E-state index < -0.39 is 16.6 Å². The molecule has 8 heteroatoms. The predicted molar refractivity (Wildman–Crippen MR) is 73.9 cm³/mol. The molecular formula is C11H5Cl4NO3. The van der Waals surface area contributed by atoms with E-state index in [1.165, 1.54) is 13.2 Å². The van der Waals surface area contributed by atoms with Gasteiger partial charge in [-0.2, -0.15) is 0 Å². The highest BCUT2D eigenvalue weighted by Crippen LogP contribution is 2.39. The van der Waals surface area contributed by atoms with E-state index in [0.717, 1.165) is 0 Å². The van der Waals surface area contributed by atoms with Crippen LogP contribution in [0, 0.1) is 0 Å². The van der Waals surface area contributed by atoms with Crippen LogP contribution in [0.15, 0.2) is 21.2 Å². The van der Waals surface area contributed by atoms with Crippen LogP contribution in [0.3, 0.4) is 0 Å². The number of hydrogen-bond acceptors (Lipinski definition) is 3. The molecule has 100 valence electrons. The fraction of sp³-hybridized carbons (Fsp3) is 0.0909. The van der Waals surface area contributed by atoms with Gasteiger partial charge in [-0.05, 0) is 0 Å². The molecule has 0 radical (unpaired) electrons. The van der Waals surface area contributed by atoms with Crippen LogP contribution in [0.25, 0.3) is 5.57 Å². The molecule has 0 saturated carbocycles. The Balaban J connectivity index is 2.67. The molecule has 0 unspecified atom stereocenters. The van der Waals surface area contributed by atoms with Gasteiger partial charge in [0, 0.05) is 6.07 Å². The lowest BCUT2D eigenvalue weighted by atomic mass is 9.99. The maximum absolute atomic E-state index is 12.1. The van der Waals surface area contributed by atoms with Gasteiger partial charge in [-0.3, -0.25) is 9.59 Å². The lowest BCUT2D eigenvalue weighted by Gasteiger charge is -2.14. The van der Waals surface area contributed by atoms with Crippen molar-refractivity contribution in [2.45, 2.75) is 0 Å². The van der Waals surface area contributed by atoms with Crippen molar-refractivity contribution in [2.75, 3.05) is 7.11 Å². The average Bonchev–Trinajstić information content (AvgIpc) is 2.75. The highest BCUT2D eigenvalue weighted by atomic mass is 35.5. The lowest BCUT2D eigenvalue weighted by Crippen LogP contribution is -2.17. The van der Waals surface area contributed by atoms with Crippen LogP contribution in [-0.4, -0.2) is 23.7 Å². The number of carbonyl (C=O) groups is 2. The number of allylic oxidation sites excluding steroid dienone is 4. The Morgan fingerprint density at radius 3 is 2.16 bits per heavy atom. The summed E-state index contributed by atoms with van der Waals surface area (Å²) < 4.78 is 5.05. The van der Waals surface area contributed by atoms with E-state index in [0.29, 0.717) is 0 Å². The van der Waals surface area contributed by atoms with E-state index in [4.69, 9.17) is 51.1 Å². The number of ether oxygens (including phenoxy) is 1. The molecule has 0 aromatic carbocycles. The van der Waals surface area contributed by atoms with E-state index in [9.17, 15) is 9.59 Å². The third-order valence-electron chi connectivity index (χ3n) is 2.46. The zero-order valence-corrected chi connectivity index (χ0v) is 12.3. The van der Waals surface area contributed by atoms with E-state index in [-0.39, 0.29) is 32.2 Å². The molecular weight excluding hydrogens is 336 g/mol. The quantitative estimate of drug-likeness (QED) is 0.838. The number of carbonyl (C=O) groups excluding carboxylic acids is 2. The summed E-state index contributed by atoms with van der Waals surface area (Å²) in [5.74, 6) is -1.13. The molecule has 0 amide bonds. The minimum Gasteiger partial charge on any atom is -0.494 e. The summed E-state index contributed by atoms with van der Waals surface area (Å²) >= 11 is 23.0. The van der Waals surface area contributed by atoms with Crippen molar-refractivity contribution in [3.05, 3.63) is 32.0 Å². The summed E-state index contributed by atoms with van der Waals surface area (Å²) in [6.45, 7) is 0. The molecule has 0 atom stereocenters. The minimum absolute atomic E-state index is 0.121. The number of aromatic nitrogens is 1. The molecule has 0 spiro atoms. The van der Waals surface area contributed by atoms with Crippen molar-refractivity contribution in [1.29, 1.82) is 0 Å². The summed E-state index contributed by atoms with van der Waals surface area (Å²) in [6.07, 6.45) is 0. The number of Topliss-reactive ketones (excluding diaryl/α,β-unsaturated/α-hetero) is 2. The SMILES string of the molecule is COc1cc(Cl)[nH]c1C1=C(Cl)C(=O)C(Cl)=C(Cl)C1=O. The second kappa shape index (κ2) is 5.21. The Kier molecular flexibility index (Phi) is 3.97. The topological polar surface area (TPSA) is 59.2 Å². The summed E-state index contributed by atoms with van der Waals surface area (Å²) in [5, 5.41) is -0.909. The normalized spacial score (nSPS) is 16.5. The zero-order valence-electron chi connectivity index (χ0n) is 9.31. The summed E-state index contributed by atoms with van der Waals surface area (Å²) in [5.41, 5.74) is 0.0583. The summed E-state index contributed by atoms with van der Waals surface area (Å²) in [4.78, 5) is 26.5. The molecule has 0 bridgehead atoms. The fourth-order valence-corrected chi connectivity index (χ4v) is 2.47. The number of H-pyrrole nitrogens is 1. The molecule has 2 rings (SSSR count). The van der Waals surface area contributed by atoms with E-state index in [2.05, 4.69) is 4.98 Å². The van der Waals surface area contributed by atoms with Gasteiger partial charge in [0.2, 0.25) is 11.6 Å². The van der Waals surface area contributed by atoms with Gasteiger partial charge in [0.05, 0.1) is 18.4 Å². The first kappa shape index (κ1) is 14.5. The smallest absolute Gasteiger partial charge is 0.218 e. The van der Waals surface area contributed by atoms with Gasteiger partial charge < -0.3 is 9.72 Å². The van der Waals surface area contributed by atoms with Crippen molar-refractivity contribution in [3.63, 3.8) is 0 Å². The minimum atomic E-state index is -0.726. The molecule has 1 heterocycles. The van der Waals surface area contributed by atoms with Crippen LogP contribution in [0.1, 0.15) is 5.69 Å². The number of aromatic amines is 1. The van der Waals surface area contributed by atoms with Crippen LogP contribution in [0.5, 0.6) is 5.75 Å². The number of ketones is 2. The Bertz CT molecular complexity index is 657. The molecule has 1 aliphatic carbocycles. The van der Waals surface area contributed by atoms with Gasteiger partial charge in [-0.1, -0.05) is 46.4 Å². The van der Waals surface area contributed by atoms with Gasteiger partial charge in [0.15, 0.2) is 0 Å². The number of rotatable bonds is 2. The fourth-order valence-electron chi connectivity index (χ4n) is 1.59. The molecule has 1 aromatic heterocycles. The second-order valence-corrected chi connectivity index (χ2v) is 5.08. The Labute approximate surface area is 127 Å². The van der Waals surface area contributed by atoms with Crippen molar-refractivity contribution >= 4 is 63.5 Å². The zero-order chi connectivity index (χ0) is 14.3. The van der Waals surface area contributed by atoms with Crippen LogP contribution < -0.4 is 4.74 Å². The van der Waals surface area contributed by atoms with Gasteiger partial charge >= 0.3 is 0 Å². The van der Waals surface area contributed by atoms with Crippen molar-refractivity contribution in [2.24, 2.45) is 0 Å². The van der Waals surface area contributed by atoms with Crippen molar-refractivity contribution in [3.8, 4) is 5.75 Å². The molecule has 1 N–H and O–H groups in total. The first-order valence-electron chi connectivity index (χ1n) is 4.85. The molecule has 1 aromatic rings. The summed E-state index contributed by atoms with van der Waals surface area (Å²) in [7, 11) is 1.39. The molecule has 0 fully saturated rings. The highest BCUT2D eigenvalue weighted by Gasteiger charge is 2.35. The van der Waals surface area contributed by atoms with Gasteiger partial charge in [0.1, 0.15) is 26.0 Å². The van der Waals surface area contributed by atoms with Crippen LogP contribution in [0.2, 0.25) is 5.15 Å². The van der Waals surface area contributed by atoms with Gasteiger partial charge in [-0.25, -0.2) is 0 Å². The van der Waals surface area contributed by atoms with Crippen molar-refractivity contribution in [1.82, 2.24) is 4.98 Å².